The summed E-state index contributed by atoms with van der Waals surface area (Å²) in [5.41, 5.74) is 0.476. The van der Waals surface area contributed by atoms with Crippen LogP contribution in [0, 0.1) is 17.6 Å². The van der Waals surface area contributed by atoms with Crippen LogP contribution in [0.25, 0.3) is 0 Å². The van der Waals surface area contributed by atoms with Gasteiger partial charge >= 0.3 is 0 Å². The highest BCUT2D eigenvalue weighted by atomic mass is 79.9. The molecule has 5 heteroatoms. The fourth-order valence-electron chi connectivity index (χ4n) is 2.76. The lowest BCUT2D eigenvalue weighted by atomic mass is 10.0. The van der Waals surface area contributed by atoms with E-state index in [4.69, 9.17) is 0 Å². The van der Waals surface area contributed by atoms with Crippen molar-refractivity contribution in [2.45, 2.75) is 32.7 Å². The third-order valence-corrected chi connectivity index (χ3v) is 4.14. The lowest BCUT2D eigenvalue weighted by Gasteiger charge is -2.28. The smallest absolute Gasteiger partial charge is 0.150 e. The second-order valence-corrected chi connectivity index (χ2v) is 6.65. The third-order valence-electron chi connectivity index (χ3n) is 3.53. The fraction of sp³-hybridized carbons (Fsp3) is 0.600. The van der Waals surface area contributed by atoms with Crippen molar-refractivity contribution in [3.8, 4) is 0 Å². The molecule has 1 fully saturated rings. The van der Waals surface area contributed by atoms with Crippen LogP contribution in [0.1, 0.15) is 26.7 Å². The first-order chi connectivity index (χ1) is 9.47. The van der Waals surface area contributed by atoms with E-state index >= 15 is 0 Å². The Morgan fingerprint density at radius 2 is 2.15 bits per heavy atom. The molecule has 0 spiro atoms. The molecule has 1 unspecified atom stereocenters. The van der Waals surface area contributed by atoms with Crippen LogP contribution in [-0.4, -0.2) is 25.7 Å². The van der Waals surface area contributed by atoms with Gasteiger partial charge in [0.2, 0.25) is 0 Å². The number of nitrogens with one attached hydrogen (secondary N) is 1. The molecule has 1 N–H and O–H groups in total. The normalized spacial score (nSPS) is 20.3. The van der Waals surface area contributed by atoms with Crippen molar-refractivity contribution in [3.63, 3.8) is 0 Å². The third kappa shape index (κ3) is 3.92. The summed E-state index contributed by atoms with van der Waals surface area (Å²) in [4.78, 5) is 2.02. The second-order valence-electron chi connectivity index (χ2n) is 5.80. The lowest BCUT2D eigenvalue weighted by molar-refractivity contribution is 0.435. The summed E-state index contributed by atoms with van der Waals surface area (Å²) in [6, 6.07) is 2.62. The van der Waals surface area contributed by atoms with Gasteiger partial charge in [0.05, 0.1) is 5.69 Å². The summed E-state index contributed by atoms with van der Waals surface area (Å²) in [7, 11) is 0. The van der Waals surface area contributed by atoms with Crippen molar-refractivity contribution >= 4 is 21.6 Å². The molecule has 0 saturated carbocycles. The predicted molar refractivity (Wildman–Crippen MR) is 82.1 cm³/mol. The van der Waals surface area contributed by atoms with Gasteiger partial charge in [-0.1, -0.05) is 13.8 Å². The van der Waals surface area contributed by atoms with Gasteiger partial charge in [0, 0.05) is 29.7 Å². The summed E-state index contributed by atoms with van der Waals surface area (Å²) in [5.74, 6) is -0.458. The largest absolute Gasteiger partial charge is 0.367 e. The first-order valence-corrected chi connectivity index (χ1v) is 7.89. The van der Waals surface area contributed by atoms with Crippen LogP contribution >= 0.6 is 15.9 Å². The molecule has 2 rings (SSSR count). The molecule has 0 amide bonds. The Labute approximate surface area is 127 Å². The van der Waals surface area contributed by atoms with E-state index in [1.54, 1.807) is 0 Å². The molecule has 0 bridgehead atoms. The fourth-order valence-corrected chi connectivity index (χ4v) is 3.42. The Hall–Kier alpha value is -0.680. The highest BCUT2D eigenvalue weighted by Crippen LogP contribution is 2.31. The SMILES string of the molecule is CC(C)CC1CN(c2c(F)cc(F)cc2Br)CCCN1. The summed E-state index contributed by atoms with van der Waals surface area (Å²) < 4.78 is 27.8. The van der Waals surface area contributed by atoms with Crippen molar-refractivity contribution < 1.29 is 8.78 Å². The molecule has 0 aromatic heterocycles. The minimum Gasteiger partial charge on any atom is -0.367 e. The molecule has 112 valence electrons. The van der Waals surface area contributed by atoms with E-state index in [0.717, 1.165) is 38.5 Å². The summed E-state index contributed by atoms with van der Waals surface area (Å²) in [6.45, 7) is 6.84. The quantitative estimate of drug-likeness (QED) is 0.891. The standard InChI is InChI=1S/C15H21BrF2N2/c1-10(2)6-12-9-20(5-3-4-19-12)15-13(16)7-11(17)8-14(15)18/h7-8,10,12,19H,3-6,9H2,1-2H3. The Bertz CT molecular complexity index is 442. The zero-order valence-corrected chi connectivity index (χ0v) is 13.5. The number of hydrogen-bond acceptors (Lipinski definition) is 2. The number of rotatable bonds is 3. The summed E-state index contributed by atoms with van der Waals surface area (Å²) >= 11 is 3.29. The second kappa shape index (κ2) is 6.85. The molecular formula is C15H21BrF2N2. The highest BCUT2D eigenvalue weighted by molar-refractivity contribution is 9.10. The van der Waals surface area contributed by atoms with Crippen molar-refractivity contribution in [2.75, 3.05) is 24.5 Å². The van der Waals surface area contributed by atoms with E-state index in [9.17, 15) is 8.78 Å². The van der Waals surface area contributed by atoms with Crippen LogP contribution in [0.4, 0.5) is 14.5 Å². The molecule has 1 atom stereocenters. The van der Waals surface area contributed by atoms with E-state index < -0.39 is 11.6 Å². The van der Waals surface area contributed by atoms with Gasteiger partial charge in [-0.05, 0) is 47.3 Å². The molecule has 1 aliphatic heterocycles. The van der Waals surface area contributed by atoms with Gasteiger partial charge in [0.1, 0.15) is 5.82 Å². The number of anilines is 1. The van der Waals surface area contributed by atoms with Gasteiger partial charge in [0.25, 0.3) is 0 Å². The average molecular weight is 347 g/mol. The Balaban J connectivity index is 2.22. The highest BCUT2D eigenvalue weighted by Gasteiger charge is 2.23. The number of hydrogen-bond donors (Lipinski definition) is 1. The molecule has 1 saturated heterocycles. The Morgan fingerprint density at radius 1 is 1.40 bits per heavy atom. The summed E-state index contributed by atoms with van der Waals surface area (Å²) in [5, 5.41) is 3.51. The maximum absolute atomic E-state index is 14.1. The Morgan fingerprint density at radius 3 is 2.80 bits per heavy atom. The molecular weight excluding hydrogens is 326 g/mol. The van der Waals surface area contributed by atoms with Crippen LogP contribution in [0.3, 0.4) is 0 Å². The molecule has 1 aromatic rings. The van der Waals surface area contributed by atoms with Crippen LogP contribution < -0.4 is 10.2 Å². The van der Waals surface area contributed by atoms with Crippen molar-refractivity contribution in [3.05, 3.63) is 28.2 Å². The average Bonchev–Trinajstić information content (AvgIpc) is 2.52. The van der Waals surface area contributed by atoms with Crippen molar-refractivity contribution in [1.82, 2.24) is 5.32 Å². The first-order valence-electron chi connectivity index (χ1n) is 7.10. The maximum atomic E-state index is 14.1. The monoisotopic (exact) mass is 346 g/mol. The van der Waals surface area contributed by atoms with Crippen molar-refractivity contribution in [2.24, 2.45) is 5.92 Å². The van der Waals surface area contributed by atoms with Gasteiger partial charge in [-0.3, -0.25) is 0 Å². The van der Waals surface area contributed by atoms with Crippen LogP contribution in [0.15, 0.2) is 16.6 Å². The minimum absolute atomic E-state index is 0.342. The molecule has 2 nitrogen and oxygen atoms in total. The zero-order chi connectivity index (χ0) is 14.7. The molecule has 20 heavy (non-hydrogen) atoms. The van der Waals surface area contributed by atoms with E-state index in [-0.39, 0.29) is 0 Å². The molecule has 0 radical (unpaired) electrons. The van der Waals surface area contributed by atoms with Gasteiger partial charge in [-0.2, -0.15) is 0 Å². The van der Waals surface area contributed by atoms with E-state index in [1.807, 2.05) is 4.90 Å². The molecule has 1 aliphatic rings. The summed E-state index contributed by atoms with van der Waals surface area (Å²) in [6.07, 6.45) is 2.01. The molecule has 1 aromatic carbocycles. The van der Waals surface area contributed by atoms with Crippen LogP contribution in [0.5, 0.6) is 0 Å². The van der Waals surface area contributed by atoms with Crippen LogP contribution in [0.2, 0.25) is 0 Å². The Kier molecular flexibility index (Phi) is 5.38. The molecule has 1 heterocycles. The van der Waals surface area contributed by atoms with Gasteiger partial charge in [-0.25, -0.2) is 8.78 Å². The molecule has 0 aliphatic carbocycles. The maximum Gasteiger partial charge on any atom is 0.150 e. The van der Waals surface area contributed by atoms with Crippen molar-refractivity contribution in [1.29, 1.82) is 0 Å². The van der Waals surface area contributed by atoms with Gasteiger partial charge in [-0.15, -0.1) is 0 Å². The number of halogens is 3. The number of benzene rings is 1. The predicted octanol–water partition coefficient (Wildman–Crippen LogP) is 3.94. The van der Waals surface area contributed by atoms with Crippen LogP contribution in [-0.2, 0) is 0 Å². The lowest BCUT2D eigenvalue weighted by Crippen LogP contribution is -2.39. The first kappa shape index (κ1) is 15.7. The zero-order valence-electron chi connectivity index (χ0n) is 11.9. The van der Waals surface area contributed by atoms with Gasteiger partial charge in [0.15, 0.2) is 5.82 Å². The number of nitrogens with zero attached hydrogens (tertiary/aromatic N) is 1. The minimum atomic E-state index is -0.551. The van der Waals surface area contributed by atoms with E-state index in [0.29, 0.717) is 22.1 Å². The topological polar surface area (TPSA) is 15.3 Å². The van der Waals surface area contributed by atoms with E-state index in [2.05, 4.69) is 35.1 Å². The van der Waals surface area contributed by atoms with E-state index in [1.165, 1.54) is 6.07 Å². The van der Waals surface area contributed by atoms with Gasteiger partial charge < -0.3 is 10.2 Å².